The molecule has 120 valence electrons. The van der Waals surface area contributed by atoms with E-state index in [0.29, 0.717) is 29.4 Å². The number of sulfonamides is 1. The molecule has 0 spiro atoms. The maximum atomic E-state index is 12.9. The largest absolute Gasteiger partial charge is 0.319 e. The summed E-state index contributed by atoms with van der Waals surface area (Å²) in [5.41, 5.74) is 0.553. The molecule has 0 aliphatic carbocycles. The number of fused-ring (bicyclic) bond motifs is 1. The summed E-state index contributed by atoms with van der Waals surface area (Å²) in [6.45, 7) is 2.00. The molecule has 1 saturated heterocycles. The van der Waals surface area contributed by atoms with Crippen LogP contribution < -0.4 is 5.32 Å². The van der Waals surface area contributed by atoms with Gasteiger partial charge in [-0.3, -0.25) is 4.98 Å². The second kappa shape index (κ2) is 6.91. The summed E-state index contributed by atoms with van der Waals surface area (Å²) in [7, 11) is -1.58. The van der Waals surface area contributed by atoms with Gasteiger partial charge in [0.25, 0.3) is 0 Å². The molecule has 1 unspecified atom stereocenters. The highest BCUT2D eigenvalue weighted by atomic mass is 35.5. The predicted molar refractivity (Wildman–Crippen MR) is 89.8 cm³/mol. The van der Waals surface area contributed by atoms with Crippen LogP contribution in [0.15, 0.2) is 41.4 Å². The summed E-state index contributed by atoms with van der Waals surface area (Å²) >= 11 is 0. The molecule has 3 rings (SSSR count). The molecule has 1 N–H and O–H groups in total. The van der Waals surface area contributed by atoms with Crippen LogP contribution >= 0.6 is 12.4 Å². The molecule has 1 fully saturated rings. The van der Waals surface area contributed by atoms with Crippen molar-refractivity contribution in [2.45, 2.75) is 11.3 Å². The summed E-state index contributed by atoms with van der Waals surface area (Å²) in [5, 5.41) is 3.97. The molecule has 0 radical (unpaired) electrons. The van der Waals surface area contributed by atoms with Crippen molar-refractivity contribution < 1.29 is 8.42 Å². The SMILES string of the molecule is CNCC1CCN(S(=O)(=O)c2cccc3cccnc23)C1.Cl. The summed E-state index contributed by atoms with van der Waals surface area (Å²) in [6.07, 6.45) is 2.54. The predicted octanol–water partition coefficient (Wildman–Crippen LogP) is 1.89. The zero-order valence-corrected chi connectivity index (χ0v) is 14.0. The van der Waals surface area contributed by atoms with Crippen LogP contribution in [0.2, 0.25) is 0 Å². The van der Waals surface area contributed by atoms with Crippen molar-refractivity contribution >= 4 is 33.3 Å². The van der Waals surface area contributed by atoms with E-state index in [-0.39, 0.29) is 12.4 Å². The number of hydrogen-bond donors (Lipinski definition) is 1. The van der Waals surface area contributed by atoms with Crippen molar-refractivity contribution in [3.63, 3.8) is 0 Å². The lowest BCUT2D eigenvalue weighted by atomic mass is 10.1. The van der Waals surface area contributed by atoms with Crippen LogP contribution in [-0.4, -0.2) is 44.4 Å². The highest BCUT2D eigenvalue weighted by Gasteiger charge is 2.33. The van der Waals surface area contributed by atoms with Crippen LogP contribution in [0, 0.1) is 5.92 Å². The van der Waals surface area contributed by atoms with E-state index in [1.807, 2.05) is 25.2 Å². The standard InChI is InChI=1S/C15H19N3O2S.ClH/c1-16-10-12-7-9-18(11-12)21(19,20)14-6-2-4-13-5-3-8-17-15(13)14;/h2-6,8,12,16H,7,9-11H2,1H3;1H. The number of nitrogens with zero attached hydrogens (tertiary/aromatic N) is 2. The molecule has 1 aromatic carbocycles. The van der Waals surface area contributed by atoms with Gasteiger partial charge in [-0.1, -0.05) is 18.2 Å². The van der Waals surface area contributed by atoms with Gasteiger partial charge in [-0.15, -0.1) is 12.4 Å². The normalized spacial score (nSPS) is 19.2. The highest BCUT2D eigenvalue weighted by Crippen LogP contribution is 2.28. The van der Waals surface area contributed by atoms with Crippen molar-refractivity contribution in [1.29, 1.82) is 0 Å². The first-order valence-electron chi connectivity index (χ1n) is 7.11. The summed E-state index contributed by atoms with van der Waals surface area (Å²) in [4.78, 5) is 4.57. The molecular weight excluding hydrogens is 322 g/mol. The zero-order valence-electron chi connectivity index (χ0n) is 12.4. The first-order valence-corrected chi connectivity index (χ1v) is 8.55. The summed E-state index contributed by atoms with van der Waals surface area (Å²) in [6, 6.07) is 9.01. The fourth-order valence-electron chi connectivity index (χ4n) is 2.89. The Labute approximate surface area is 137 Å². The number of benzene rings is 1. The Morgan fingerprint density at radius 2 is 2.09 bits per heavy atom. The number of hydrogen-bond acceptors (Lipinski definition) is 4. The Hall–Kier alpha value is -1.21. The number of aromatic nitrogens is 1. The number of rotatable bonds is 4. The molecule has 5 nitrogen and oxygen atoms in total. The molecule has 1 aromatic heterocycles. The van der Waals surface area contributed by atoms with Crippen molar-refractivity contribution in [1.82, 2.24) is 14.6 Å². The van der Waals surface area contributed by atoms with E-state index in [1.165, 1.54) is 0 Å². The van der Waals surface area contributed by atoms with E-state index in [1.54, 1.807) is 22.6 Å². The minimum atomic E-state index is -3.47. The van der Waals surface area contributed by atoms with E-state index < -0.39 is 10.0 Å². The Bertz CT molecular complexity index is 746. The van der Waals surface area contributed by atoms with Gasteiger partial charge in [-0.05, 0) is 38.1 Å². The topological polar surface area (TPSA) is 62.3 Å². The van der Waals surface area contributed by atoms with E-state index in [4.69, 9.17) is 0 Å². The lowest BCUT2D eigenvalue weighted by Crippen LogP contribution is -2.30. The van der Waals surface area contributed by atoms with Crippen molar-refractivity contribution in [2.75, 3.05) is 26.7 Å². The van der Waals surface area contributed by atoms with Gasteiger partial charge >= 0.3 is 0 Å². The molecule has 0 bridgehead atoms. The molecule has 1 aliphatic heterocycles. The second-order valence-corrected chi connectivity index (χ2v) is 7.31. The van der Waals surface area contributed by atoms with E-state index >= 15 is 0 Å². The molecule has 7 heteroatoms. The minimum Gasteiger partial charge on any atom is -0.319 e. The van der Waals surface area contributed by atoms with Crippen LogP contribution in [-0.2, 0) is 10.0 Å². The molecule has 0 amide bonds. The second-order valence-electron chi connectivity index (χ2n) is 5.41. The van der Waals surface area contributed by atoms with Crippen molar-refractivity contribution in [3.05, 3.63) is 36.5 Å². The summed E-state index contributed by atoms with van der Waals surface area (Å²) in [5.74, 6) is 0.382. The lowest BCUT2D eigenvalue weighted by Gasteiger charge is -2.17. The van der Waals surface area contributed by atoms with Gasteiger partial charge in [0.05, 0.1) is 5.52 Å². The number of nitrogens with one attached hydrogen (secondary N) is 1. The van der Waals surface area contributed by atoms with Gasteiger partial charge in [0.1, 0.15) is 4.90 Å². The third-order valence-corrected chi connectivity index (χ3v) is 5.85. The third-order valence-electron chi connectivity index (χ3n) is 3.95. The van der Waals surface area contributed by atoms with E-state index in [2.05, 4.69) is 10.3 Å². The Balaban J connectivity index is 0.00000176. The first-order chi connectivity index (χ1) is 10.1. The van der Waals surface area contributed by atoms with Gasteiger partial charge in [0.15, 0.2) is 0 Å². The van der Waals surface area contributed by atoms with E-state index in [9.17, 15) is 8.42 Å². The van der Waals surface area contributed by atoms with Gasteiger partial charge < -0.3 is 5.32 Å². The molecular formula is C15H20ClN3O2S. The molecule has 2 heterocycles. The maximum Gasteiger partial charge on any atom is 0.245 e. The van der Waals surface area contributed by atoms with Crippen molar-refractivity contribution in [2.24, 2.45) is 5.92 Å². The smallest absolute Gasteiger partial charge is 0.245 e. The van der Waals surface area contributed by atoms with Crippen molar-refractivity contribution in [3.8, 4) is 0 Å². The summed E-state index contributed by atoms with van der Waals surface area (Å²) < 4.78 is 27.3. The first kappa shape index (κ1) is 17.1. The zero-order chi connectivity index (χ0) is 14.9. The molecule has 0 saturated carbocycles. The number of halogens is 1. The number of para-hydroxylation sites is 1. The average Bonchev–Trinajstić information content (AvgIpc) is 2.96. The monoisotopic (exact) mass is 341 g/mol. The van der Waals surface area contributed by atoms with Crippen LogP contribution in [0.5, 0.6) is 0 Å². The van der Waals surface area contributed by atoms with Gasteiger partial charge in [0.2, 0.25) is 10.0 Å². The minimum absolute atomic E-state index is 0. The Morgan fingerprint density at radius 3 is 2.86 bits per heavy atom. The maximum absolute atomic E-state index is 12.9. The molecule has 1 atom stereocenters. The molecule has 1 aliphatic rings. The van der Waals surface area contributed by atoms with Gasteiger partial charge in [-0.25, -0.2) is 8.42 Å². The molecule has 22 heavy (non-hydrogen) atoms. The average molecular weight is 342 g/mol. The fraction of sp³-hybridized carbons (Fsp3) is 0.400. The fourth-order valence-corrected chi connectivity index (χ4v) is 4.59. The van der Waals surface area contributed by atoms with Crippen LogP contribution in [0.1, 0.15) is 6.42 Å². The highest BCUT2D eigenvalue weighted by molar-refractivity contribution is 7.89. The van der Waals surface area contributed by atoms with Crippen LogP contribution in [0.25, 0.3) is 10.9 Å². The Kier molecular flexibility index (Phi) is 5.39. The van der Waals surface area contributed by atoms with Crippen LogP contribution in [0.3, 0.4) is 0 Å². The van der Waals surface area contributed by atoms with E-state index in [0.717, 1.165) is 18.4 Å². The number of pyridine rings is 1. The quantitative estimate of drug-likeness (QED) is 0.922. The molecule has 2 aromatic rings. The van der Waals surface area contributed by atoms with Crippen LogP contribution in [0.4, 0.5) is 0 Å². The lowest BCUT2D eigenvalue weighted by molar-refractivity contribution is 0.451. The van der Waals surface area contributed by atoms with Gasteiger partial charge in [-0.2, -0.15) is 4.31 Å². The van der Waals surface area contributed by atoms with Gasteiger partial charge in [0, 0.05) is 24.7 Å². The third kappa shape index (κ3) is 3.10. The Morgan fingerprint density at radius 1 is 1.32 bits per heavy atom.